The number of hydrogen-bond acceptors (Lipinski definition) is 9. The quantitative estimate of drug-likeness (QED) is 0.365. The standard InChI is InChI=1S/C21H20ClN5O5S/c1-31-18-8-16(17(27(29)30)9-19(18)32-11-15-12-33-13-24-15)21(28)26-6-4-25(5-7-26)20-3-2-14(22)10-23-20/h2-3,8-10,12-13H,4-7,11H2,1H3. The van der Waals surface area contributed by atoms with Gasteiger partial charge in [-0.2, -0.15) is 0 Å². The molecule has 4 rings (SSSR count). The first-order valence-corrected chi connectivity index (χ1v) is 11.3. The number of carbonyl (C=O) groups excluding carboxylic acids is 1. The van der Waals surface area contributed by atoms with E-state index in [1.807, 2.05) is 16.3 Å². The number of thiazole rings is 1. The van der Waals surface area contributed by atoms with Crippen LogP contribution in [0, 0.1) is 10.1 Å². The van der Waals surface area contributed by atoms with Crippen LogP contribution in [0.1, 0.15) is 16.1 Å². The zero-order chi connectivity index (χ0) is 23.4. The van der Waals surface area contributed by atoms with Gasteiger partial charge in [0, 0.05) is 43.8 Å². The van der Waals surface area contributed by atoms with Crippen molar-refractivity contribution in [3.05, 3.63) is 67.7 Å². The molecule has 1 amide bonds. The molecule has 1 aliphatic rings. The van der Waals surface area contributed by atoms with Crippen molar-refractivity contribution < 1.29 is 19.2 Å². The summed E-state index contributed by atoms with van der Waals surface area (Å²) >= 11 is 7.31. The van der Waals surface area contributed by atoms with E-state index in [4.69, 9.17) is 21.1 Å². The number of carbonyl (C=O) groups is 1. The summed E-state index contributed by atoms with van der Waals surface area (Å²) in [6, 6.07) is 6.17. The van der Waals surface area contributed by atoms with Gasteiger partial charge in [-0.05, 0) is 12.1 Å². The third kappa shape index (κ3) is 5.15. The Bertz CT molecular complexity index is 1130. The number of aromatic nitrogens is 2. The van der Waals surface area contributed by atoms with Gasteiger partial charge >= 0.3 is 0 Å². The van der Waals surface area contributed by atoms with E-state index in [2.05, 4.69) is 9.97 Å². The number of nitro benzene ring substituents is 1. The van der Waals surface area contributed by atoms with Crippen LogP contribution in [0.4, 0.5) is 11.5 Å². The van der Waals surface area contributed by atoms with Crippen molar-refractivity contribution in [2.24, 2.45) is 0 Å². The third-order valence-corrected chi connectivity index (χ3v) is 6.03. The number of nitro groups is 1. The second-order valence-electron chi connectivity index (χ2n) is 7.16. The van der Waals surface area contributed by atoms with Gasteiger partial charge < -0.3 is 19.3 Å². The number of benzene rings is 1. The Balaban J connectivity index is 1.51. The Hall–Kier alpha value is -3.44. The fourth-order valence-corrected chi connectivity index (χ4v) is 4.12. The van der Waals surface area contributed by atoms with Crippen LogP contribution >= 0.6 is 22.9 Å². The Morgan fingerprint density at radius 1 is 1.21 bits per heavy atom. The molecule has 12 heteroatoms. The van der Waals surface area contributed by atoms with Gasteiger partial charge in [-0.1, -0.05) is 11.6 Å². The molecular formula is C21H20ClN5O5S. The van der Waals surface area contributed by atoms with E-state index in [-0.39, 0.29) is 29.4 Å². The molecule has 0 atom stereocenters. The Kier molecular flexibility index (Phi) is 6.90. The fraction of sp³-hybridized carbons (Fsp3) is 0.286. The lowest BCUT2D eigenvalue weighted by Gasteiger charge is -2.35. The summed E-state index contributed by atoms with van der Waals surface area (Å²) in [6.45, 7) is 2.00. The van der Waals surface area contributed by atoms with Crippen molar-refractivity contribution in [1.29, 1.82) is 0 Å². The molecule has 1 aliphatic heterocycles. The largest absolute Gasteiger partial charge is 0.493 e. The second-order valence-corrected chi connectivity index (χ2v) is 8.31. The van der Waals surface area contributed by atoms with E-state index in [0.29, 0.717) is 36.9 Å². The molecule has 0 saturated carbocycles. The molecule has 0 N–H and O–H groups in total. The number of ether oxygens (including phenoxy) is 2. The van der Waals surface area contributed by atoms with Crippen LogP contribution in [0.2, 0.25) is 5.02 Å². The van der Waals surface area contributed by atoms with E-state index in [1.165, 1.54) is 30.6 Å². The molecule has 172 valence electrons. The first-order valence-electron chi connectivity index (χ1n) is 9.98. The molecule has 2 aromatic heterocycles. The number of halogens is 1. The lowest BCUT2D eigenvalue weighted by atomic mass is 10.1. The summed E-state index contributed by atoms with van der Waals surface area (Å²) in [7, 11) is 1.42. The molecule has 0 spiro atoms. The highest BCUT2D eigenvalue weighted by Gasteiger charge is 2.30. The van der Waals surface area contributed by atoms with E-state index >= 15 is 0 Å². The van der Waals surface area contributed by atoms with Crippen molar-refractivity contribution in [3.63, 3.8) is 0 Å². The normalized spacial score (nSPS) is 13.6. The molecule has 0 radical (unpaired) electrons. The number of piperazine rings is 1. The molecule has 0 unspecified atom stereocenters. The maximum atomic E-state index is 13.2. The SMILES string of the molecule is COc1cc(C(=O)N2CCN(c3ccc(Cl)cn3)CC2)c([N+](=O)[O-])cc1OCc1cscn1. The molecular weight excluding hydrogens is 470 g/mol. The van der Waals surface area contributed by atoms with Gasteiger partial charge in [0.1, 0.15) is 18.0 Å². The smallest absolute Gasteiger partial charge is 0.286 e. The monoisotopic (exact) mass is 489 g/mol. The van der Waals surface area contributed by atoms with Crippen LogP contribution in [0.3, 0.4) is 0 Å². The Morgan fingerprint density at radius 2 is 2.00 bits per heavy atom. The van der Waals surface area contributed by atoms with Crippen molar-refractivity contribution in [2.75, 3.05) is 38.2 Å². The second kappa shape index (κ2) is 10.0. The van der Waals surface area contributed by atoms with Crippen LogP contribution in [0.5, 0.6) is 11.5 Å². The number of pyridine rings is 1. The highest BCUT2D eigenvalue weighted by molar-refractivity contribution is 7.07. The number of anilines is 1. The van der Waals surface area contributed by atoms with Crippen LogP contribution in [0.15, 0.2) is 41.4 Å². The maximum absolute atomic E-state index is 13.2. The van der Waals surface area contributed by atoms with Gasteiger partial charge in [0.2, 0.25) is 0 Å². The Labute approximate surface area is 198 Å². The number of amides is 1. The molecule has 1 aromatic carbocycles. The van der Waals surface area contributed by atoms with E-state index in [1.54, 1.807) is 22.7 Å². The average molecular weight is 490 g/mol. The van der Waals surface area contributed by atoms with Gasteiger partial charge in [-0.25, -0.2) is 9.97 Å². The maximum Gasteiger partial charge on any atom is 0.286 e. The molecule has 1 saturated heterocycles. The first-order chi connectivity index (χ1) is 16.0. The van der Waals surface area contributed by atoms with Gasteiger partial charge in [0.05, 0.1) is 34.3 Å². The molecule has 0 bridgehead atoms. The fourth-order valence-electron chi connectivity index (χ4n) is 3.47. The predicted molar refractivity (Wildman–Crippen MR) is 123 cm³/mol. The summed E-state index contributed by atoms with van der Waals surface area (Å²) in [6.07, 6.45) is 1.57. The summed E-state index contributed by atoms with van der Waals surface area (Å²) in [5.74, 6) is 0.742. The van der Waals surface area contributed by atoms with Crippen molar-refractivity contribution >= 4 is 40.4 Å². The molecule has 3 aromatic rings. The zero-order valence-corrected chi connectivity index (χ0v) is 19.2. The Morgan fingerprint density at radius 3 is 2.61 bits per heavy atom. The van der Waals surface area contributed by atoms with Gasteiger partial charge in [0.25, 0.3) is 11.6 Å². The first kappa shape index (κ1) is 22.7. The summed E-state index contributed by atoms with van der Waals surface area (Å²) in [5, 5.41) is 14.1. The lowest BCUT2D eigenvalue weighted by molar-refractivity contribution is -0.385. The van der Waals surface area contributed by atoms with E-state index < -0.39 is 10.8 Å². The van der Waals surface area contributed by atoms with Gasteiger partial charge in [-0.3, -0.25) is 14.9 Å². The minimum Gasteiger partial charge on any atom is -0.493 e. The lowest BCUT2D eigenvalue weighted by Crippen LogP contribution is -2.49. The molecule has 3 heterocycles. The van der Waals surface area contributed by atoms with Crippen LogP contribution in [-0.2, 0) is 6.61 Å². The molecule has 33 heavy (non-hydrogen) atoms. The minimum atomic E-state index is -0.587. The highest BCUT2D eigenvalue weighted by atomic mass is 35.5. The zero-order valence-electron chi connectivity index (χ0n) is 17.6. The van der Waals surface area contributed by atoms with E-state index in [9.17, 15) is 14.9 Å². The average Bonchev–Trinajstić information content (AvgIpc) is 3.36. The number of hydrogen-bond donors (Lipinski definition) is 0. The minimum absolute atomic E-state index is 0.0454. The van der Waals surface area contributed by atoms with E-state index in [0.717, 1.165) is 5.82 Å². The number of rotatable bonds is 7. The van der Waals surface area contributed by atoms with Gasteiger partial charge in [0.15, 0.2) is 11.5 Å². The summed E-state index contributed by atoms with van der Waals surface area (Å²) in [4.78, 5) is 36.4. The van der Waals surface area contributed by atoms with Crippen LogP contribution < -0.4 is 14.4 Å². The topological polar surface area (TPSA) is 111 Å². The van der Waals surface area contributed by atoms with Crippen molar-refractivity contribution in [2.45, 2.75) is 6.61 Å². The number of methoxy groups -OCH3 is 1. The van der Waals surface area contributed by atoms with Crippen molar-refractivity contribution in [1.82, 2.24) is 14.9 Å². The highest BCUT2D eigenvalue weighted by Crippen LogP contribution is 2.36. The predicted octanol–water partition coefficient (Wildman–Crippen LogP) is 3.65. The third-order valence-electron chi connectivity index (χ3n) is 5.17. The summed E-state index contributed by atoms with van der Waals surface area (Å²) < 4.78 is 11.0. The van der Waals surface area contributed by atoms with Crippen LogP contribution in [-0.4, -0.2) is 59.0 Å². The molecule has 1 fully saturated rings. The van der Waals surface area contributed by atoms with Gasteiger partial charge in [-0.15, -0.1) is 11.3 Å². The molecule has 10 nitrogen and oxygen atoms in total. The van der Waals surface area contributed by atoms with Crippen molar-refractivity contribution in [3.8, 4) is 11.5 Å². The van der Waals surface area contributed by atoms with Crippen LogP contribution in [0.25, 0.3) is 0 Å². The summed E-state index contributed by atoms with van der Waals surface area (Å²) in [5.41, 5.74) is 1.98. The molecule has 0 aliphatic carbocycles. The number of nitrogens with zero attached hydrogens (tertiary/aromatic N) is 5.